The van der Waals surface area contributed by atoms with Gasteiger partial charge in [0.1, 0.15) is 0 Å². The molecule has 1 nitrogen and oxygen atoms in total. The van der Waals surface area contributed by atoms with Gasteiger partial charge in [-0.25, -0.2) is 0 Å². The molecule has 0 amide bonds. The summed E-state index contributed by atoms with van der Waals surface area (Å²) < 4.78 is 0. The summed E-state index contributed by atoms with van der Waals surface area (Å²) in [5, 5.41) is 1.26. The maximum Gasteiger partial charge on any atom is 0.0493 e. The van der Waals surface area contributed by atoms with Crippen molar-refractivity contribution in [2.45, 2.75) is 0 Å². The quantitative estimate of drug-likeness (QED) is 0.822. The SMILES string of the molecule is NC/C(=C/c1ccc(Cl)cc1Cl)c1ccccc1. The Bertz CT molecular complexity index is 562. The molecular weight excluding hydrogens is 265 g/mol. The monoisotopic (exact) mass is 277 g/mol. The molecular formula is C15H13Cl2N. The van der Waals surface area contributed by atoms with Crippen molar-refractivity contribution in [2.24, 2.45) is 5.73 Å². The molecule has 0 heterocycles. The zero-order valence-electron chi connectivity index (χ0n) is 9.74. The lowest BCUT2D eigenvalue weighted by Gasteiger charge is -2.06. The third-order valence-electron chi connectivity index (χ3n) is 2.66. The molecule has 0 saturated heterocycles. The second kappa shape index (κ2) is 6.05. The average molecular weight is 278 g/mol. The highest BCUT2D eigenvalue weighted by atomic mass is 35.5. The van der Waals surface area contributed by atoms with E-state index in [-0.39, 0.29) is 0 Å². The van der Waals surface area contributed by atoms with Crippen LogP contribution >= 0.6 is 23.2 Å². The molecule has 0 atom stereocenters. The first kappa shape index (κ1) is 13.2. The van der Waals surface area contributed by atoms with E-state index in [0.717, 1.165) is 16.7 Å². The highest BCUT2D eigenvalue weighted by Crippen LogP contribution is 2.25. The predicted octanol–water partition coefficient (Wildman–Crippen LogP) is 4.49. The third-order valence-corrected chi connectivity index (χ3v) is 3.22. The Morgan fingerprint density at radius 2 is 1.78 bits per heavy atom. The summed E-state index contributed by atoms with van der Waals surface area (Å²) in [5.41, 5.74) is 8.86. The van der Waals surface area contributed by atoms with Gasteiger partial charge in [0.2, 0.25) is 0 Å². The molecule has 2 rings (SSSR count). The van der Waals surface area contributed by atoms with Crippen LogP contribution in [-0.4, -0.2) is 6.54 Å². The zero-order chi connectivity index (χ0) is 13.0. The van der Waals surface area contributed by atoms with Crippen LogP contribution in [0, 0.1) is 0 Å². The van der Waals surface area contributed by atoms with Crippen LogP contribution in [0.4, 0.5) is 0 Å². The minimum Gasteiger partial charge on any atom is -0.326 e. The van der Waals surface area contributed by atoms with Crippen molar-refractivity contribution < 1.29 is 0 Å². The lowest BCUT2D eigenvalue weighted by atomic mass is 10.0. The number of hydrogen-bond acceptors (Lipinski definition) is 1. The maximum absolute atomic E-state index is 6.15. The molecule has 0 spiro atoms. The average Bonchev–Trinajstić information content (AvgIpc) is 2.39. The minimum atomic E-state index is 0.461. The van der Waals surface area contributed by atoms with Gasteiger partial charge in [0.25, 0.3) is 0 Å². The van der Waals surface area contributed by atoms with Crippen LogP contribution in [0.25, 0.3) is 11.6 Å². The Kier molecular flexibility index (Phi) is 4.43. The van der Waals surface area contributed by atoms with Crippen molar-refractivity contribution in [1.29, 1.82) is 0 Å². The van der Waals surface area contributed by atoms with Gasteiger partial charge in [0.15, 0.2) is 0 Å². The van der Waals surface area contributed by atoms with Gasteiger partial charge in [0, 0.05) is 16.6 Å². The van der Waals surface area contributed by atoms with Crippen molar-refractivity contribution >= 4 is 34.9 Å². The number of hydrogen-bond donors (Lipinski definition) is 1. The normalized spacial score (nSPS) is 11.6. The number of rotatable bonds is 3. The van der Waals surface area contributed by atoms with Crippen LogP contribution < -0.4 is 5.73 Å². The Morgan fingerprint density at radius 3 is 2.39 bits per heavy atom. The van der Waals surface area contributed by atoms with E-state index < -0.39 is 0 Å². The smallest absolute Gasteiger partial charge is 0.0493 e. The highest BCUT2D eigenvalue weighted by Gasteiger charge is 2.02. The molecule has 2 N–H and O–H groups in total. The van der Waals surface area contributed by atoms with E-state index in [1.165, 1.54) is 0 Å². The molecule has 2 aromatic rings. The predicted molar refractivity (Wildman–Crippen MR) is 79.8 cm³/mol. The largest absolute Gasteiger partial charge is 0.326 e. The van der Waals surface area contributed by atoms with E-state index in [0.29, 0.717) is 16.6 Å². The summed E-state index contributed by atoms with van der Waals surface area (Å²) in [5.74, 6) is 0. The highest BCUT2D eigenvalue weighted by molar-refractivity contribution is 6.35. The van der Waals surface area contributed by atoms with E-state index in [4.69, 9.17) is 28.9 Å². The van der Waals surface area contributed by atoms with Crippen molar-refractivity contribution in [1.82, 2.24) is 0 Å². The number of nitrogens with two attached hydrogens (primary N) is 1. The molecule has 0 saturated carbocycles. The molecule has 92 valence electrons. The molecule has 0 aliphatic heterocycles. The van der Waals surface area contributed by atoms with Gasteiger partial charge in [-0.2, -0.15) is 0 Å². The fourth-order valence-electron chi connectivity index (χ4n) is 1.72. The van der Waals surface area contributed by atoms with Gasteiger partial charge in [-0.3, -0.25) is 0 Å². The first-order valence-electron chi connectivity index (χ1n) is 5.62. The van der Waals surface area contributed by atoms with E-state index in [1.807, 2.05) is 48.5 Å². The van der Waals surface area contributed by atoms with Gasteiger partial charge >= 0.3 is 0 Å². The molecule has 18 heavy (non-hydrogen) atoms. The summed E-state index contributed by atoms with van der Waals surface area (Å²) in [6.07, 6.45) is 1.99. The molecule has 0 fully saturated rings. The lowest BCUT2D eigenvalue weighted by Crippen LogP contribution is -2.02. The van der Waals surface area contributed by atoms with Gasteiger partial charge in [-0.15, -0.1) is 0 Å². The second-order valence-electron chi connectivity index (χ2n) is 3.91. The number of halogens is 2. The summed E-state index contributed by atoms with van der Waals surface area (Å²) >= 11 is 12.0. The molecule has 3 heteroatoms. The van der Waals surface area contributed by atoms with Crippen molar-refractivity contribution in [3.8, 4) is 0 Å². The van der Waals surface area contributed by atoms with E-state index in [9.17, 15) is 0 Å². The molecule has 0 aromatic heterocycles. The molecule has 0 aliphatic rings. The van der Waals surface area contributed by atoms with Crippen LogP contribution in [0.5, 0.6) is 0 Å². The van der Waals surface area contributed by atoms with Gasteiger partial charge in [-0.05, 0) is 34.9 Å². The lowest BCUT2D eigenvalue weighted by molar-refractivity contribution is 1.27. The Morgan fingerprint density at radius 1 is 1.06 bits per heavy atom. The summed E-state index contributed by atoms with van der Waals surface area (Å²) in [7, 11) is 0. The maximum atomic E-state index is 6.15. The topological polar surface area (TPSA) is 26.0 Å². The van der Waals surface area contributed by atoms with Crippen LogP contribution in [0.2, 0.25) is 10.0 Å². The molecule has 0 aliphatic carbocycles. The summed E-state index contributed by atoms with van der Waals surface area (Å²) in [4.78, 5) is 0. The second-order valence-corrected chi connectivity index (χ2v) is 4.75. The first-order valence-corrected chi connectivity index (χ1v) is 6.37. The standard InChI is InChI=1S/C15H13Cl2N/c16-14-7-6-12(15(17)9-14)8-13(10-18)11-4-2-1-3-5-11/h1-9H,10,18H2/b13-8-. The Balaban J connectivity index is 2.41. The van der Waals surface area contributed by atoms with Crippen LogP contribution in [0.1, 0.15) is 11.1 Å². The molecule has 0 radical (unpaired) electrons. The van der Waals surface area contributed by atoms with Crippen molar-refractivity contribution in [3.63, 3.8) is 0 Å². The van der Waals surface area contributed by atoms with Crippen LogP contribution in [0.3, 0.4) is 0 Å². The van der Waals surface area contributed by atoms with Gasteiger partial charge in [0.05, 0.1) is 0 Å². The van der Waals surface area contributed by atoms with Crippen LogP contribution in [0.15, 0.2) is 48.5 Å². The van der Waals surface area contributed by atoms with Crippen LogP contribution in [-0.2, 0) is 0 Å². The van der Waals surface area contributed by atoms with E-state index in [1.54, 1.807) is 6.07 Å². The van der Waals surface area contributed by atoms with Gasteiger partial charge < -0.3 is 5.73 Å². The van der Waals surface area contributed by atoms with Crippen molar-refractivity contribution in [2.75, 3.05) is 6.54 Å². The summed E-state index contributed by atoms with van der Waals surface area (Å²) in [6, 6.07) is 15.5. The van der Waals surface area contributed by atoms with E-state index >= 15 is 0 Å². The first-order chi connectivity index (χ1) is 8.70. The molecule has 2 aromatic carbocycles. The fourth-order valence-corrected chi connectivity index (χ4v) is 2.18. The Hall–Kier alpha value is -1.28. The zero-order valence-corrected chi connectivity index (χ0v) is 11.2. The minimum absolute atomic E-state index is 0.461. The summed E-state index contributed by atoms with van der Waals surface area (Å²) in [6.45, 7) is 0.461. The number of benzene rings is 2. The molecule has 0 unspecified atom stereocenters. The van der Waals surface area contributed by atoms with Crippen molar-refractivity contribution in [3.05, 3.63) is 69.7 Å². The van der Waals surface area contributed by atoms with E-state index in [2.05, 4.69) is 0 Å². The fraction of sp³-hybridized carbons (Fsp3) is 0.0667. The third kappa shape index (κ3) is 3.14. The molecule has 0 bridgehead atoms. The van der Waals surface area contributed by atoms with Gasteiger partial charge in [-0.1, -0.05) is 59.6 Å². The Labute approximate surface area is 117 Å².